The third-order valence-corrected chi connectivity index (χ3v) is 2.03. The molecule has 1 heterocycles. The van der Waals surface area contributed by atoms with Crippen molar-refractivity contribution in [2.45, 2.75) is 26.2 Å². The molecule has 12 heavy (non-hydrogen) atoms. The molecule has 1 atom stereocenters. The second-order valence-electron chi connectivity index (χ2n) is 3.12. The van der Waals surface area contributed by atoms with Gasteiger partial charge in [0.1, 0.15) is 5.76 Å². The lowest BCUT2D eigenvalue weighted by atomic mass is 10.00. The lowest BCUT2D eigenvalue weighted by molar-refractivity contribution is 0.211. The van der Waals surface area contributed by atoms with E-state index in [4.69, 9.17) is 9.52 Å². The van der Waals surface area contributed by atoms with Crippen LogP contribution in [-0.2, 0) is 6.42 Å². The molecule has 0 saturated heterocycles. The maximum atomic E-state index is 9.01. The van der Waals surface area contributed by atoms with Crippen molar-refractivity contribution in [3.05, 3.63) is 24.2 Å². The van der Waals surface area contributed by atoms with E-state index in [1.54, 1.807) is 6.26 Å². The van der Waals surface area contributed by atoms with Gasteiger partial charge in [-0.05, 0) is 24.5 Å². The van der Waals surface area contributed by atoms with Crippen LogP contribution >= 0.6 is 0 Å². The lowest BCUT2D eigenvalue weighted by Gasteiger charge is -2.10. The molecule has 2 nitrogen and oxygen atoms in total. The topological polar surface area (TPSA) is 33.4 Å². The smallest absolute Gasteiger partial charge is 0.104 e. The van der Waals surface area contributed by atoms with E-state index in [0.29, 0.717) is 5.92 Å². The van der Waals surface area contributed by atoms with E-state index >= 15 is 0 Å². The molecule has 0 radical (unpaired) electrons. The van der Waals surface area contributed by atoms with E-state index in [0.717, 1.165) is 25.0 Å². The normalized spacial score (nSPS) is 13.2. The average molecular weight is 168 g/mol. The summed E-state index contributed by atoms with van der Waals surface area (Å²) >= 11 is 0. The van der Waals surface area contributed by atoms with Gasteiger partial charge in [-0.15, -0.1) is 0 Å². The Hall–Kier alpha value is -0.760. The number of aliphatic hydroxyl groups excluding tert-OH is 1. The van der Waals surface area contributed by atoms with Crippen LogP contribution in [0.1, 0.15) is 25.5 Å². The SMILES string of the molecule is CCCC(CO)Cc1ccco1. The summed E-state index contributed by atoms with van der Waals surface area (Å²) in [6.45, 7) is 2.39. The Morgan fingerprint density at radius 3 is 2.92 bits per heavy atom. The summed E-state index contributed by atoms with van der Waals surface area (Å²) in [7, 11) is 0. The van der Waals surface area contributed by atoms with Gasteiger partial charge in [-0.25, -0.2) is 0 Å². The lowest BCUT2D eigenvalue weighted by Crippen LogP contribution is -2.08. The maximum Gasteiger partial charge on any atom is 0.104 e. The molecule has 1 rings (SSSR count). The Bertz CT molecular complexity index is 192. The van der Waals surface area contributed by atoms with Crippen LogP contribution in [0.3, 0.4) is 0 Å². The Kier molecular flexibility index (Phi) is 3.88. The Morgan fingerprint density at radius 1 is 1.58 bits per heavy atom. The first-order chi connectivity index (χ1) is 5.86. The summed E-state index contributed by atoms with van der Waals surface area (Å²) in [6.07, 6.45) is 4.72. The fourth-order valence-corrected chi connectivity index (χ4v) is 1.38. The van der Waals surface area contributed by atoms with E-state index in [9.17, 15) is 0 Å². The second-order valence-corrected chi connectivity index (χ2v) is 3.12. The van der Waals surface area contributed by atoms with Crippen molar-refractivity contribution in [1.82, 2.24) is 0 Å². The third-order valence-electron chi connectivity index (χ3n) is 2.03. The predicted octanol–water partition coefficient (Wildman–Crippen LogP) is 2.23. The summed E-state index contributed by atoms with van der Waals surface area (Å²) in [6, 6.07) is 3.84. The predicted molar refractivity (Wildman–Crippen MR) is 47.9 cm³/mol. The van der Waals surface area contributed by atoms with Gasteiger partial charge in [0.25, 0.3) is 0 Å². The maximum absolute atomic E-state index is 9.01. The number of hydrogen-bond acceptors (Lipinski definition) is 2. The zero-order chi connectivity index (χ0) is 8.81. The van der Waals surface area contributed by atoms with Crippen molar-refractivity contribution in [3.8, 4) is 0 Å². The zero-order valence-corrected chi connectivity index (χ0v) is 7.49. The highest BCUT2D eigenvalue weighted by atomic mass is 16.3. The van der Waals surface area contributed by atoms with Crippen LogP contribution in [0.15, 0.2) is 22.8 Å². The first-order valence-electron chi connectivity index (χ1n) is 4.50. The Balaban J connectivity index is 2.37. The molecule has 0 aliphatic heterocycles. The third kappa shape index (κ3) is 2.70. The van der Waals surface area contributed by atoms with Gasteiger partial charge in [-0.3, -0.25) is 0 Å². The molecule has 1 aromatic rings. The van der Waals surface area contributed by atoms with Crippen LogP contribution in [0.5, 0.6) is 0 Å². The summed E-state index contributed by atoms with van der Waals surface area (Å²) < 4.78 is 5.20. The number of hydrogen-bond donors (Lipinski definition) is 1. The van der Waals surface area contributed by atoms with Crippen LogP contribution in [0.25, 0.3) is 0 Å². The summed E-state index contributed by atoms with van der Waals surface area (Å²) in [4.78, 5) is 0. The molecule has 68 valence electrons. The molecule has 1 unspecified atom stereocenters. The van der Waals surface area contributed by atoms with Crippen LogP contribution in [0.4, 0.5) is 0 Å². The molecule has 1 aromatic heterocycles. The van der Waals surface area contributed by atoms with Gasteiger partial charge in [0, 0.05) is 13.0 Å². The highest BCUT2D eigenvalue weighted by Crippen LogP contribution is 2.13. The minimum absolute atomic E-state index is 0.258. The minimum Gasteiger partial charge on any atom is -0.469 e. The Morgan fingerprint density at radius 2 is 2.42 bits per heavy atom. The zero-order valence-electron chi connectivity index (χ0n) is 7.49. The van der Waals surface area contributed by atoms with Crippen molar-refractivity contribution in [3.63, 3.8) is 0 Å². The van der Waals surface area contributed by atoms with Crippen molar-refractivity contribution in [2.75, 3.05) is 6.61 Å². The van der Waals surface area contributed by atoms with E-state index in [1.807, 2.05) is 12.1 Å². The van der Waals surface area contributed by atoms with Crippen molar-refractivity contribution in [2.24, 2.45) is 5.92 Å². The Labute approximate surface area is 73.2 Å². The van der Waals surface area contributed by atoms with Gasteiger partial charge in [0.15, 0.2) is 0 Å². The molecule has 2 heteroatoms. The van der Waals surface area contributed by atoms with E-state index < -0.39 is 0 Å². The summed E-state index contributed by atoms with van der Waals surface area (Å²) in [5.41, 5.74) is 0. The number of aliphatic hydroxyl groups is 1. The largest absolute Gasteiger partial charge is 0.469 e. The number of rotatable bonds is 5. The van der Waals surface area contributed by atoms with Gasteiger partial charge >= 0.3 is 0 Å². The molecule has 0 saturated carbocycles. The molecule has 0 spiro atoms. The monoisotopic (exact) mass is 168 g/mol. The first kappa shape index (κ1) is 9.33. The molecular formula is C10H16O2. The van der Waals surface area contributed by atoms with E-state index in [1.165, 1.54) is 0 Å². The molecule has 1 N–H and O–H groups in total. The molecule has 0 aliphatic rings. The van der Waals surface area contributed by atoms with E-state index in [-0.39, 0.29) is 6.61 Å². The fourth-order valence-electron chi connectivity index (χ4n) is 1.38. The molecular weight excluding hydrogens is 152 g/mol. The highest BCUT2D eigenvalue weighted by Gasteiger charge is 2.08. The van der Waals surface area contributed by atoms with Crippen LogP contribution < -0.4 is 0 Å². The average Bonchev–Trinajstić information content (AvgIpc) is 2.56. The van der Waals surface area contributed by atoms with Crippen LogP contribution in [0, 0.1) is 5.92 Å². The van der Waals surface area contributed by atoms with Gasteiger partial charge < -0.3 is 9.52 Å². The molecule has 0 aliphatic carbocycles. The fraction of sp³-hybridized carbons (Fsp3) is 0.600. The minimum atomic E-state index is 0.258. The second kappa shape index (κ2) is 4.99. The van der Waals surface area contributed by atoms with E-state index in [2.05, 4.69) is 6.92 Å². The molecule has 0 bridgehead atoms. The molecule has 0 aromatic carbocycles. The summed E-state index contributed by atoms with van der Waals surface area (Å²) in [5.74, 6) is 1.34. The van der Waals surface area contributed by atoms with Crippen LogP contribution in [0.2, 0.25) is 0 Å². The van der Waals surface area contributed by atoms with Gasteiger partial charge in [0.05, 0.1) is 6.26 Å². The van der Waals surface area contributed by atoms with Gasteiger partial charge in [-0.1, -0.05) is 13.3 Å². The van der Waals surface area contributed by atoms with Gasteiger partial charge in [0.2, 0.25) is 0 Å². The van der Waals surface area contributed by atoms with Crippen molar-refractivity contribution >= 4 is 0 Å². The van der Waals surface area contributed by atoms with Gasteiger partial charge in [-0.2, -0.15) is 0 Å². The standard InChI is InChI=1S/C10H16O2/c1-2-4-9(8-11)7-10-5-3-6-12-10/h3,5-6,9,11H,2,4,7-8H2,1H3. The van der Waals surface area contributed by atoms with Crippen LogP contribution in [-0.4, -0.2) is 11.7 Å². The number of furan rings is 1. The quantitative estimate of drug-likeness (QED) is 0.731. The highest BCUT2D eigenvalue weighted by molar-refractivity contribution is 4.99. The summed E-state index contributed by atoms with van der Waals surface area (Å²) in [5, 5.41) is 9.01. The molecule has 0 fully saturated rings. The molecule has 0 amide bonds. The first-order valence-corrected chi connectivity index (χ1v) is 4.50. The van der Waals surface area contributed by atoms with Crippen molar-refractivity contribution in [1.29, 1.82) is 0 Å². The van der Waals surface area contributed by atoms with Crippen molar-refractivity contribution < 1.29 is 9.52 Å².